The summed E-state index contributed by atoms with van der Waals surface area (Å²) < 4.78 is 5.03. The standard InChI is InChI=1S/C19H23Cl2NO2/c1-24-12-11-22-10-9-19(23,16-5-3-2-4-6-16)14-15-13-17(20)7-8-18(15)21/h2-8,13,22-23H,9-12,14H2,1H3. The number of benzene rings is 2. The normalized spacial score (nSPS) is 13.7. The minimum absolute atomic E-state index is 0.405. The van der Waals surface area contributed by atoms with Crippen molar-refractivity contribution < 1.29 is 9.84 Å². The Morgan fingerprint density at radius 1 is 1.08 bits per heavy atom. The van der Waals surface area contributed by atoms with E-state index in [1.165, 1.54) is 0 Å². The van der Waals surface area contributed by atoms with E-state index in [4.69, 9.17) is 27.9 Å². The van der Waals surface area contributed by atoms with Crippen molar-refractivity contribution in [1.82, 2.24) is 5.32 Å². The molecule has 0 saturated carbocycles. The molecule has 0 aromatic heterocycles. The summed E-state index contributed by atoms with van der Waals surface area (Å²) in [7, 11) is 1.67. The van der Waals surface area contributed by atoms with Gasteiger partial charge in [0.25, 0.3) is 0 Å². The minimum Gasteiger partial charge on any atom is -0.385 e. The highest BCUT2D eigenvalue weighted by molar-refractivity contribution is 6.33. The smallest absolute Gasteiger partial charge is 0.0949 e. The molecule has 2 aromatic rings. The second kappa shape index (κ2) is 9.40. The quantitative estimate of drug-likeness (QED) is 0.656. The Labute approximate surface area is 153 Å². The van der Waals surface area contributed by atoms with Gasteiger partial charge in [-0.25, -0.2) is 0 Å². The summed E-state index contributed by atoms with van der Waals surface area (Å²) in [4.78, 5) is 0. The van der Waals surface area contributed by atoms with E-state index in [1.807, 2.05) is 36.4 Å². The van der Waals surface area contributed by atoms with Crippen molar-refractivity contribution in [3.63, 3.8) is 0 Å². The molecule has 130 valence electrons. The van der Waals surface area contributed by atoms with Gasteiger partial charge in [0.05, 0.1) is 12.2 Å². The molecule has 0 heterocycles. The minimum atomic E-state index is -1.02. The molecule has 0 amide bonds. The van der Waals surface area contributed by atoms with Gasteiger partial charge in [-0.2, -0.15) is 0 Å². The van der Waals surface area contributed by atoms with E-state index in [9.17, 15) is 5.11 Å². The highest BCUT2D eigenvalue weighted by Crippen LogP contribution is 2.32. The molecule has 5 heteroatoms. The third-order valence-corrected chi connectivity index (χ3v) is 4.60. The van der Waals surface area contributed by atoms with Crippen LogP contribution in [0.3, 0.4) is 0 Å². The second-order valence-corrected chi connectivity index (χ2v) is 6.65. The van der Waals surface area contributed by atoms with Gasteiger partial charge in [-0.05, 0) is 42.3 Å². The summed E-state index contributed by atoms with van der Waals surface area (Å²) in [6.45, 7) is 2.07. The van der Waals surface area contributed by atoms with Crippen LogP contribution in [0.5, 0.6) is 0 Å². The maximum absolute atomic E-state index is 11.3. The Balaban J connectivity index is 2.17. The lowest BCUT2D eigenvalue weighted by molar-refractivity contribution is 0.0276. The zero-order valence-electron chi connectivity index (χ0n) is 13.8. The number of methoxy groups -OCH3 is 1. The van der Waals surface area contributed by atoms with Crippen LogP contribution < -0.4 is 5.32 Å². The molecule has 0 aliphatic carbocycles. The van der Waals surface area contributed by atoms with Gasteiger partial charge in [0.15, 0.2) is 0 Å². The Morgan fingerprint density at radius 3 is 2.54 bits per heavy atom. The van der Waals surface area contributed by atoms with Crippen LogP contribution >= 0.6 is 23.2 Å². The summed E-state index contributed by atoms with van der Waals surface area (Å²) in [5.41, 5.74) is 0.692. The first kappa shape index (κ1) is 19.2. The van der Waals surface area contributed by atoms with E-state index < -0.39 is 5.60 Å². The highest BCUT2D eigenvalue weighted by Gasteiger charge is 2.30. The monoisotopic (exact) mass is 367 g/mol. The maximum Gasteiger partial charge on any atom is 0.0949 e. The molecule has 24 heavy (non-hydrogen) atoms. The Morgan fingerprint density at radius 2 is 1.83 bits per heavy atom. The molecule has 0 bridgehead atoms. The van der Waals surface area contributed by atoms with E-state index in [1.54, 1.807) is 19.2 Å². The number of hydrogen-bond acceptors (Lipinski definition) is 3. The van der Waals surface area contributed by atoms with Crippen molar-refractivity contribution in [1.29, 1.82) is 0 Å². The molecule has 0 saturated heterocycles. The topological polar surface area (TPSA) is 41.5 Å². The Kier molecular flexibility index (Phi) is 7.53. The summed E-state index contributed by atoms with van der Waals surface area (Å²) in [6, 6.07) is 15.0. The van der Waals surface area contributed by atoms with Gasteiger partial charge in [-0.15, -0.1) is 0 Å². The SMILES string of the molecule is COCCNCCC(O)(Cc1cc(Cl)ccc1Cl)c1ccccc1. The number of halogens is 2. The van der Waals surface area contributed by atoms with Gasteiger partial charge < -0.3 is 15.2 Å². The van der Waals surface area contributed by atoms with Gasteiger partial charge in [-0.3, -0.25) is 0 Å². The van der Waals surface area contributed by atoms with Crippen LogP contribution in [-0.2, 0) is 16.8 Å². The van der Waals surface area contributed by atoms with E-state index in [-0.39, 0.29) is 0 Å². The molecule has 0 radical (unpaired) electrons. The predicted molar refractivity (Wildman–Crippen MR) is 99.9 cm³/mol. The van der Waals surface area contributed by atoms with Crippen LogP contribution in [0.2, 0.25) is 10.0 Å². The van der Waals surface area contributed by atoms with Crippen molar-refractivity contribution in [2.75, 3.05) is 26.8 Å². The number of aliphatic hydroxyl groups is 1. The molecule has 0 aliphatic rings. The molecule has 1 unspecified atom stereocenters. The molecule has 0 fully saturated rings. The van der Waals surface area contributed by atoms with Crippen LogP contribution in [0.1, 0.15) is 17.5 Å². The van der Waals surface area contributed by atoms with Crippen LogP contribution in [-0.4, -0.2) is 31.9 Å². The Hall–Kier alpha value is -1.10. The van der Waals surface area contributed by atoms with E-state index in [2.05, 4.69) is 5.32 Å². The predicted octanol–water partition coefficient (Wildman–Crippen LogP) is 4.05. The molecule has 3 nitrogen and oxygen atoms in total. The molecular weight excluding hydrogens is 345 g/mol. The number of hydrogen-bond donors (Lipinski definition) is 2. The van der Waals surface area contributed by atoms with Crippen LogP contribution in [0.4, 0.5) is 0 Å². The molecule has 2 aromatic carbocycles. The molecular formula is C19H23Cl2NO2. The van der Waals surface area contributed by atoms with Gasteiger partial charge in [0.2, 0.25) is 0 Å². The number of ether oxygens (including phenoxy) is 1. The lowest BCUT2D eigenvalue weighted by Gasteiger charge is -2.30. The third-order valence-electron chi connectivity index (χ3n) is 4.00. The summed E-state index contributed by atoms with van der Waals surface area (Å²) >= 11 is 12.4. The largest absolute Gasteiger partial charge is 0.385 e. The highest BCUT2D eigenvalue weighted by atomic mass is 35.5. The fourth-order valence-corrected chi connectivity index (χ4v) is 3.05. The second-order valence-electron chi connectivity index (χ2n) is 5.80. The van der Waals surface area contributed by atoms with Gasteiger partial charge in [0.1, 0.15) is 0 Å². The van der Waals surface area contributed by atoms with Crippen molar-refractivity contribution in [2.45, 2.75) is 18.4 Å². The third kappa shape index (κ3) is 5.47. The van der Waals surface area contributed by atoms with Gasteiger partial charge in [-0.1, -0.05) is 53.5 Å². The van der Waals surface area contributed by atoms with Crippen molar-refractivity contribution in [2.24, 2.45) is 0 Å². The molecule has 2 N–H and O–H groups in total. The van der Waals surface area contributed by atoms with Crippen LogP contribution in [0, 0.1) is 0 Å². The first-order valence-electron chi connectivity index (χ1n) is 7.96. The summed E-state index contributed by atoms with van der Waals surface area (Å²) in [5.74, 6) is 0. The lowest BCUT2D eigenvalue weighted by atomic mass is 9.84. The average molecular weight is 368 g/mol. The van der Waals surface area contributed by atoms with E-state index >= 15 is 0 Å². The van der Waals surface area contributed by atoms with E-state index in [0.717, 1.165) is 17.7 Å². The Bertz CT molecular complexity index is 637. The molecule has 0 aliphatic heterocycles. The summed E-state index contributed by atoms with van der Waals surface area (Å²) in [5, 5.41) is 15.8. The van der Waals surface area contributed by atoms with E-state index in [0.29, 0.717) is 36.0 Å². The zero-order valence-corrected chi connectivity index (χ0v) is 15.3. The molecule has 2 rings (SSSR count). The molecule has 0 spiro atoms. The average Bonchev–Trinajstić information content (AvgIpc) is 2.59. The fraction of sp³-hybridized carbons (Fsp3) is 0.368. The van der Waals surface area contributed by atoms with Crippen LogP contribution in [0.15, 0.2) is 48.5 Å². The van der Waals surface area contributed by atoms with Gasteiger partial charge in [0, 0.05) is 30.1 Å². The number of nitrogens with one attached hydrogen (secondary N) is 1. The first-order valence-corrected chi connectivity index (χ1v) is 8.72. The molecule has 1 atom stereocenters. The fourth-order valence-electron chi connectivity index (χ4n) is 2.67. The van der Waals surface area contributed by atoms with Crippen molar-refractivity contribution in [3.8, 4) is 0 Å². The first-order chi connectivity index (χ1) is 11.5. The van der Waals surface area contributed by atoms with Crippen molar-refractivity contribution >= 4 is 23.2 Å². The lowest BCUT2D eigenvalue weighted by Crippen LogP contribution is -2.34. The van der Waals surface area contributed by atoms with Crippen molar-refractivity contribution in [3.05, 3.63) is 69.7 Å². The zero-order chi connectivity index (χ0) is 17.4. The number of rotatable bonds is 9. The summed E-state index contributed by atoms with van der Waals surface area (Å²) in [6.07, 6.45) is 0.964. The maximum atomic E-state index is 11.3. The van der Waals surface area contributed by atoms with Crippen LogP contribution in [0.25, 0.3) is 0 Å². The van der Waals surface area contributed by atoms with Gasteiger partial charge >= 0.3 is 0 Å².